The number of aryl methyl sites for hydroxylation is 1. The zero-order valence-electron chi connectivity index (χ0n) is 16.9. The van der Waals surface area contributed by atoms with Crippen LogP contribution >= 0.6 is 23.2 Å². The number of carbonyl (C=O) groups is 2. The molecule has 0 radical (unpaired) electrons. The number of carbonyl (C=O) groups excluding carboxylic acids is 2. The molecule has 0 saturated carbocycles. The van der Waals surface area contributed by atoms with Gasteiger partial charge < -0.3 is 15.4 Å². The monoisotopic (exact) mass is 465 g/mol. The number of benzene rings is 1. The second kappa shape index (κ2) is 9.97. The lowest BCUT2D eigenvalue weighted by molar-refractivity contribution is -0.150. The Morgan fingerprint density at radius 3 is 2.71 bits per heavy atom. The predicted octanol–water partition coefficient (Wildman–Crippen LogP) is 2.80. The Hall–Kier alpha value is -2.16. The van der Waals surface area contributed by atoms with Gasteiger partial charge in [0.05, 0.1) is 17.8 Å². The van der Waals surface area contributed by atoms with E-state index in [-0.39, 0.29) is 42.5 Å². The van der Waals surface area contributed by atoms with Gasteiger partial charge in [0.25, 0.3) is 0 Å². The number of aromatic nitrogens is 3. The van der Waals surface area contributed by atoms with Crippen molar-refractivity contribution in [1.29, 1.82) is 0 Å². The number of esters is 1. The lowest BCUT2D eigenvalue weighted by Gasteiger charge is -2.30. The molecular formula is C21H25Cl2N5O3. The fourth-order valence-electron chi connectivity index (χ4n) is 4.51. The first kappa shape index (κ1) is 22.0. The third-order valence-electron chi connectivity index (χ3n) is 5.85. The molecule has 0 aliphatic carbocycles. The highest BCUT2D eigenvalue weighted by Gasteiger charge is 2.44. The number of amides is 1. The molecule has 3 heterocycles. The standard InChI is InChI=1S/C21H25Cl2N5O3/c22-13-4-12(5-14(23)6-13)11-31-21(30)18-8-16-7-17(9-19(18)25-16)26-20(29)3-1-2-15-10-24-28-27-15/h4-6,10,16-19,25H,1-3,7-9,11H2,(H,26,29)(H,24,27,28). The largest absolute Gasteiger partial charge is 0.461 e. The number of piperidine rings is 1. The topological polar surface area (TPSA) is 109 Å². The van der Waals surface area contributed by atoms with Gasteiger partial charge in [0.2, 0.25) is 5.91 Å². The van der Waals surface area contributed by atoms with Crippen molar-refractivity contribution in [3.63, 3.8) is 0 Å². The summed E-state index contributed by atoms with van der Waals surface area (Å²) in [6.07, 6.45) is 5.81. The SMILES string of the molecule is O=C(CCCc1cn[nH]n1)NC1CC2CC(C(=O)OCc3cc(Cl)cc(Cl)c3)C(C1)N2. The highest BCUT2D eigenvalue weighted by molar-refractivity contribution is 6.34. The number of hydrogen-bond donors (Lipinski definition) is 3. The number of nitrogens with zero attached hydrogens (tertiary/aromatic N) is 2. The van der Waals surface area contributed by atoms with Gasteiger partial charge in [-0.25, -0.2) is 0 Å². The highest BCUT2D eigenvalue weighted by Crippen LogP contribution is 2.33. The molecule has 2 aliphatic heterocycles. The summed E-state index contributed by atoms with van der Waals surface area (Å²) in [5.74, 6) is -0.406. The minimum Gasteiger partial charge on any atom is -0.461 e. The van der Waals surface area contributed by atoms with E-state index in [1.165, 1.54) is 0 Å². The van der Waals surface area contributed by atoms with E-state index >= 15 is 0 Å². The summed E-state index contributed by atoms with van der Waals surface area (Å²) >= 11 is 12.0. The molecule has 1 amide bonds. The Kier molecular flexibility index (Phi) is 7.09. The first-order valence-electron chi connectivity index (χ1n) is 10.5. The van der Waals surface area contributed by atoms with Crippen LogP contribution in [-0.4, -0.2) is 45.4 Å². The van der Waals surface area contributed by atoms with Crippen LogP contribution in [0.5, 0.6) is 0 Å². The van der Waals surface area contributed by atoms with Crippen molar-refractivity contribution in [1.82, 2.24) is 26.0 Å². The minimum atomic E-state index is -0.226. The van der Waals surface area contributed by atoms with Crippen LogP contribution in [0.4, 0.5) is 0 Å². The molecule has 8 nitrogen and oxygen atoms in total. The third-order valence-corrected chi connectivity index (χ3v) is 6.29. The summed E-state index contributed by atoms with van der Waals surface area (Å²) in [7, 11) is 0. The summed E-state index contributed by atoms with van der Waals surface area (Å²) < 4.78 is 5.54. The van der Waals surface area contributed by atoms with Crippen molar-refractivity contribution >= 4 is 35.1 Å². The molecule has 166 valence electrons. The molecule has 2 bridgehead atoms. The molecule has 2 aromatic rings. The Balaban J connectivity index is 1.23. The summed E-state index contributed by atoms with van der Waals surface area (Å²) in [5, 5.41) is 18.0. The number of H-pyrrole nitrogens is 1. The van der Waals surface area contributed by atoms with E-state index in [2.05, 4.69) is 26.0 Å². The van der Waals surface area contributed by atoms with Crippen molar-refractivity contribution in [3.8, 4) is 0 Å². The summed E-state index contributed by atoms with van der Waals surface area (Å²) in [6, 6.07) is 5.40. The maximum Gasteiger partial charge on any atom is 0.310 e. The fourth-order valence-corrected chi connectivity index (χ4v) is 5.08. The van der Waals surface area contributed by atoms with Gasteiger partial charge in [0.15, 0.2) is 0 Å². The molecule has 4 atom stereocenters. The van der Waals surface area contributed by atoms with E-state index in [0.717, 1.165) is 30.5 Å². The number of ether oxygens (including phenoxy) is 1. The van der Waals surface area contributed by atoms with E-state index in [1.54, 1.807) is 24.4 Å². The summed E-state index contributed by atoms with van der Waals surface area (Å²) in [4.78, 5) is 25.0. The number of hydrogen-bond acceptors (Lipinski definition) is 6. The zero-order valence-corrected chi connectivity index (χ0v) is 18.5. The van der Waals surface area contributed by atoms with E-state index in [4.69, 9.17) is 27.9 Å². The quantitative estimate of drug-likeness (QED) is 0.517. The molecular weight excluding hydrogens is 441 g/mol. The molecule has 1 aromatic heterocycles. The van der Waals surface area contributed by atoms with E-state index in [9.17, 15) is 9.59 Å². The van der Waals surface area contributed by atoms with Crippen molar-refractivity contribution in [2.24, 2.45) is 5.92 Å². The lowest BCUT2D eigenvalue weighted by atomic mass is 9.96. The summed E-state index contributed by atoms with van der Waals surface area (Å²) in [5.41, 5.74) is 1.62. The number of rotatable bonds is 8. The van der Waals surface area contributed by atoms with Crippen molar-refractivity contribution in [3.05, 3.63) is 45.7 Å². The van der Waals surface area contributed by atoms with Crippen LogP contribution in [0.15, 0.2) is 24.4 Å². The first-order chi connectivity index (χ1) is 15.0. The molecule has 31 heavy (non-hydrogen) atoms. The van der Waals surface area contributed by atoms with Gasteiger partial charge in [0.1, 0.15) is 6.61 Å². The van der Waals surface area contributed by atoms with Gasteiger partial charge in [-0.05, 0) is 55.9 Å². The van der Waals surface area contributed by atoms with Gasteiger partial charge in [-0.1, -0.05) is 23.2 Å². The predicted molar refractivity (Wildman–Crippen MR) is 116 cm³/mol. The molecule has 4 unspecified atom stereocenters. The number of halogens is 2. The second-order valence-corrected chi connectivity index (χ2v) is 9.12. The van der Waals surface area contributed by atoms with E-state index in [1.807, 2.05) is 0 Å². The molecule has 2 fully saturated rings. The molecule has 2 saturated heterocycles. The average molecular weight is 466 g/mol. The van der Waals surface area contributed by atoms with Crippen molar-refractivity contribution in [2.45, 2.75) is 63.3 Å². The molecule has 3 N–H and O–H groups in total. The molecule has 4 rings (SSSR count). The van der Waals surface area contributed by atoms with Gasteiger partial charge in [0, 0.05) is 34.6 Å². The van der Waals surface area contributed by atoms with Gasteiger partial charge in [-0.15, -0.1) is 0 Å². The van der Waals surface area contributed by atoms with Crippen LogP contribution in [0.25, 0.3) is 0 Å². The Bertz CT molecular complexity index is 903. The summed E-state index contributed by atoms with van der Waals surface area (Å²) in [6.45, 7) is 0.138. The van der Waals surface area contributed by atoms with Crippen LogP contribution in [0, 0.1) is 5.92 Å². The normalized spacial score (nSPS) is 24.7. The van der Waals surface area contributed by atoms with Crippen molar-refractivity contribution in [2.75, 3.05) is 0 Å². The molecule has 1 aromatic carbocycles. The maximum absolute atomic E-state index is 12.7. The third kappa shape index (κ3) is 5.96. The first-order valence-corrected chi connectivity index (χ1v) is 11.2. The molecule has 0 spiro atoms. The smallest absolute Gasteiger partial charge is 0.310 e. The van der Waals surface area contributed by atoms with Gasteiger partial charge in [-0.3, -0.25) is 9.59 Å². The van der Waals surface area contributed by atoms with Crippen molar-refractivity contribution < 1.29 is 14.3 Å². The Morgan fingerprint density at radius 1 is 1.16 bits per heavy atom. The van der Waals surface area contributed by atoms with Crippen LogP contribution in [0.2, 0.25) is 10.0 Å². The molecule has 2 aliphatic rings. The number of aromatic amines is 1. The number of nitrogens with one attached hydrogen (secondary N) is 3. The zero-order chi connectivity index (χ0) is 21.8. The van der Waals surface area contributed by atoms with E-state index in [0.29, 0.717) is 29.3 Å². The van der Waals surface area contributed by atoms with Crippen LogP contribution in [0.3, 0.4) is 0 Å². The minimum absolute atomic E-state index is 0.00892. The lowest BCUT2D eigenvalue weighted by Crippen LogP contribution is -2.49. The molecule has 10 heteroatoms. The average Bonchev–Trinajstić information content (AvgIpc) is 3.33. The Labute approximate surface area is 190 Å². The van der Waals surface area contributed by atoms with Crippen LogP contribution in [-0.2, 0) is 27.4 Å². The van der Waals surface area contributed by atoms with Gasteiger partial charge in [-0.2, -0.15) is 15.4 Å². The van der Waals surface area contributed by atoms with Crippen LogP contribution < -0.4 is 10.6 Å². The van der Waals surface area contributed by atoms with Gasteiger partial charge >= 0.3 is 5.97 Å². The maximum atomic E-state index is 12.7. The number of fused-ring (bicyclic) bond motifs is 2. The highest BCUT2D eigenvalue weighted by atomic mass is 35.5. The second-order valence-electron chi connectivity index (χ2n) is 8.25. The fraction of sp³-hybridized carbons (Fsp3) is 0.524. The Morgan fingerprint density at radius 2 is 1.97 bits per heavy atom. The van der Waals surface area contributed by atoms with Crippen LogP contribution in [0.1, 0.15) is 43.4 Å². The van der Waals surface area contributed by atoms with E-state index < -0.39 is 0 Å².